The van der Waals surface area contributed by atoms with Gasteiger partial charge in [-0.3, -0.25) is 0 Å². The van der Waals surface area contributed by atoms with Crippen LogP contribution in [0.15, 0.2) is 133 Å². The molecular formula is C28H30O2. The first-order valence-corrected chi connectivity index (χ1v) is 9.92. The fourth-order valence-corrected chi connectivity index (χ4v) is 3.69. The molecule has 2 aromatic rings. The topological polar surface area (TPSA) is 29.5 Å². The maximum atomic E-state index is 9.74. The summed E-state index contributed by atoms with van der Waals surface area (Å²) in [5.41, 5.74) is 3.68. The molecule has 0 unspecified atom stereocenters. The molecule has 0 spiro atoms. The molecule has 0 saturated heterocycles. The van der Waals surface area contributed by atoms with Gasteiger partial charge < -0.3 is 9.84 Å². The Balaban J connectivity index is 2.94. The number of methoxy groups -OCH3 is 1. The van der Waals surface area contributed by atoms with Crippen molar-refractivity contribution in [2.24, 2.45) is 0 Å². The summed E-state index contributed by atoms with van der Waals surface area (Å²) in [5, 5.41) is 9.74. The van der Waals surface area contributed by atoms with E-state index in [1.807, 2.05) is 68.5 Å². The van der Waals surface area contributed by atoms with Gasteiger partial charge in [0.15, 0.2) is 0 Å². The van der Waals surface area contributed by atoms with E-state index >= 15 is 0 Å². The molecule has 0 atom stereocenters. The first kappa shape index (κ1) is 22.8. The predicted molar refractivity (Wildman–Crippen MR) is 127 cm³/mol. The molecule has 1 N–H and O–H groups in total. The Kier molecular flexibility index (Phi) is 8.25. The zero-order valence-corrected chi connectivity index (χ0v) is 18.0. The molecule has 0 heterocycles. The van der Waals surface area contributed by atoms with E-state index in [2.05, 4.69) is 49.6 Å². The van der Waals surface area contributed by atoms with Gasteiger partial charge in [-0.1, -0.05) is 98.1 Å². The molecule has 0 saturated carbocycles. The highest BCUT2D eigenvalue weighted by molar-refractivity contribution is 5.63. The highest BCUT2D eigenvalue weighted by Crippen LogP contribution is 2.46. The smallest absolute Gasteiger partial charge is 0.111 e. The summed E-state index contributed by atoms with van der Waals surface area (Å²) in [6.45, 7) is 11.6. The number of ether oxygens (including phenoxy) is 1. The second-order valence-electron chi connectivity index (χ2n) is 6.80. The number of aliphatic hydroxyl groups is 1. The van der Waals surface area contributed by atoms with Crippen molar-refractivity contribution in [3.05, 3.63) is 144 Å². The zero-order chi connectivity index (χ0) is 22.0. The molecule has 154 valence electrons. The van der Waals surface area contributed by atoms with Crippen LogP contribution in [0, 0.1) is 0 Å². The van der Waals surface area contributed by atoms with Gasteiger partial charge in [0.2, 0.25) is 0 Å². The van der Waals surface area contributed by atoms with Crippen LogP contribution in [-0.2, 0) is 10.2 Å². The van der Waals surface area contributed by atoms with Gasteiger partial charge >= 0.3 is 0 Å². The molecule has 0 fully saturated rings. The van der Waals surface area contributed by atoms with Crippen molar-refractivity contribution in [3.63, 3.8) is 0 Å². The molecule has 30 heavy (non-hydrogen) atoms. The lowest BCUT2D eigenvalue weighted by Crippen LogP contribution is -2.32. The Morgan fingerprint density at radius 3 is 1.57 bits per heavy atom. The highest BCUT2D eigenvalue weighted by Gasteiger charge is 2.39. The number of hydrogen-bond acceptors (Lipinski definition) is 2. The van der Waals surface area contributed by atoms with E-state index in [1.54, 1.807) is 13.2 Å². The molecule has 0 aromatic heterocycles. The maximum Gasteiger partial charge on any atom is 0.111 e. The van der Waals surface area contributed by atoms with Gasteiger partial charge in [0.05, 0.1) is 12.5 Å². The van der Waals surface area contributed by atoms with Crippen LogP contribution in [0.25, 0.3) is 0 Å². The average molecular weight is 399 g/mol. The maximum absolute atomic E-state index is 9.74. The second kappa shape index (κ2) is 10.9. The van der Waals surface area contributed by atoms with Crippen LogP contribution in [0.2, 0.25) is 0 Å². The summed E-state index contributed by atoms with van der Waals surface area (Å²) in [6, 6.07) is 20.7. The Bertz CT molecular complexity index is 934. The van der Waals surface area contributed by atoms with Crippen molar-refractivity contribution in [3.8, 4) is 0 Å². The summed E-state index contributed by atoms with van der Waals surface area (Å²) in [4.78, 5) is 0. The van der Waals surface area contributed by atoms with Crippen LogP contribution in [0.4, 0.5) is 0 Å². The molecule has 0 aliphatic heterocycles. The minimum atomic E-state index is -0.609. The Hall–Kier alpha value is -3.52. The average Bonchev–Trinajstić information content (AvgIpc) is 2.78. The summed E-state index contributed by atoms with van der Waals surface area (Å²) < 4.78 is 5.25. The fourth-order valence-electron chi connectivity index (χ4n) is 3.69. The third kappa shape index (κ3) is 4.90. The van der Waals surface area contributed by atoms with Crippen molar-refractivity contribution < 1.29 is 9.84 Å². The second-order valence-corrected chi connectivity index (χ2v) is 6.80. The first-order valence-electron chi connectivity index (χ1n) is 9.92. The van der Waals surface area contributed by atoms with Gasteiger partial charge in [0.25, 0.3) is 0 Å². The highest BCUT2D eigenvalue weighted by atomic mass is 16.5. The van der Waals surface area contributed by atoms with Crippen molar-refractivity contribution >= 4 is 0 Å². The van der Waals surface area contributed by atoms with Gasteiger partial charge in [-0.05, 0) is 48.3 Å². The van der Waals surface area contributed by atoms with Crippen LogP contribution in [0.5, 0.6) is 0 Å². The summed E-state index contributed by atoms with van der Waals surface area (Å²) in [5.74, 6) is 0.584. The predicted octanol–water partition coefficient (Wildman–Crippen LogP) is 7.21. The lowest BCUT2D eigenvalue weighted by molar-refractivity contribution is 0.308. The van der Waals surface area contributed by atoms with Gasteiger partial charge in [-0.25, -0.2) is 0 Å². The lowest BCUT2D eigenvalue weighted by Gasteiger charge is -2.38. The SMILES string of the molecule is C=C(O)/C=C\C(=C/C)C(C(/C=C\C(=C)OC)=C/C)(c1ccccc1)c1ccccc1. The Labute approximate surface area is 180 Å². The van der Waals surface area contributed by atoms with Crippen LogP contribution in [0.3, 0.4) is 0 Å². The van der Waals surface area contributed by atoms with Crippen molar-refractivity contribution in [1.29, 1.82) is 0 Å². The largest absolute Gasteiger partial charge is 0.509 e. The van der Waals surface area contributed by atoms with Crippen LogP contribution in [0.1, 0.15) is 25.0 Å². The van der Waals surface area contributed by atoms with E-state index in [1.165, 1.54) is 0 Å². The summed E-state index contributed by atoms with van der Waals surface area (Å²) in [7, 11) is 1.61. The Morgan fingerprint density at radius 1 is 0.767 bits per heavy atom. The molecule has 0 aliphatic carbocycles. The van der Waals surface area contributed by atoms with E-state index in [-0.39, 0.29) is 5.76 Å². The van der Waals surface area contributed by atoms with Gasteiger partial charge in [0.1, 0.15) is 11.5 Å². The number of benzene rings is 2. The van der Waals surface area contributed by atoms with Crippen LogP contribution >= 0.6 is 0 Å². The number of allylic oxidation sites excluding steroid dienone is 8. The van der Waals surface area contributed by atoms with Crippen molar-refractivity contribution in [1.82, 2.24) is 0 Å². The minimum absolute atomic E-state index is 0.00899. The first-order chi connectivity index (χ1) is 14.5. The normalized spacial score (nSPS) is 13.0. The molecule has 0 radical (unpaired) electrons. The summed E-state index contributed by atoms with van der Waals surface area (Å²) in [6.07, 6.45) is 11.6. The Morgan fingerprint density at radius 2 is 1.20 bits per heavy atom. The molecule has 2 aromatic carbocycles. The third-order valence-corrected chi connectivity index (χ3v) is 5.07. The monoisotopic (exact) mass is 398 g/mol. The molecule has 0 aliphatic rings. The van der Waals surface area contributed by atoms with E-state index in [9.17, 15) is 5.11 Å². The van der Waals surface area contributed by atoms with E-state index < -0.39 is 5.41 Å². The van der Waals surface area contributed by atoms with Gasteiger partial charge in [-0.15, -0.1) is 0 Å². The van der Waals surface area contributed by atoms with E-state index in [0.717, 1.165) is 22.3 Å². The quantitative estimate of drug-likeness (QED) is 0.357. The number of rotatable bonds is 9. The lowest BCUT2D eigenvalue weighted by atomic mass is 9.63. The van der Waals surface area contributed by atoms with Crippen molar-refractivity contribution in [2.75, 3.05) is 7.11 Å². The number of hydrogen-bond donors (Lipinski definition) is 1. The summed E-state index contributed by atoms with van der Waals surface area (Å²) >= 11 is 0. The van der Waals surface area contributed by atoms with E-state index in [0.29, 0.717) is 5.76 Å². The van der Waals surface area contributed by atoms with Gasteiger partial charge in [0, 0.05) is 0 Å². The standard InChI is InChI=1S/C28H30O2/c1-6-24(20-18-22(3)29)28(26-14-10-8-11-15-26,27-16-12-9-13-17-27)25(7-2)21-19-23(4)30-5/h6-21,29H,3-4H2,1-2,5H3/b20-18-,21-19-,24-6+,25-7+. The van der Waals surface area contributed by atoms with Crippen LogP contribution < -0.4 is 0 Å². The van der Waals surface area contributed by atoms with Crippen LogP contribution in [-0.4, -0.2) is 12.2 Å². The van der Waals surface area contributed by atoms with Gasteiger partial charge in [-0.2, -0.15) is 0 Å². The molecule has 0 amide bonds. The van der Waals surface area contributed by atoms with Crippen molar-refractivity contribution in [2.45, 2.75) is 19.3 Å². The minimum Gasteiger partial charge on any atom is -0.509 e. The fraction of sp³-hybridized carbons (Fsp3) is 0.143. The zero-order valence-electron chi connectivity index (χ0n) is 18.0. The molecule has 0 bridgehead atoms. The third-order valence-electron chi connectivity index (χ3n) is 5.07. The molecule has 2 heteroatoms. The molecular weight excluding hydrogens is 368 g/mol. The number of aliphatic hydroxyl groups excluding tert-OH is 1. The molecule has 2 rings (SSSR count). The van der Waals surface area contributed by atoms with E-state index in [4.69, 9.17) is 4.74 Å². The molecule has 2 nitrogen and oxygen atoms in total.